The third kappa shape index (κ3) is 2.27. The van der Waals surface area contributed by atoms with Crippen LogP contribution in [0.25, 0.3) is 0 Å². The van der Waals surface area contributed by atoms with Crippen LogP contribution in [0.2, 0.25) is 0 Å². The predicted molar refractivity (Wildman–Crippen MR) is 51.0 cm³/mol. The highest BCUT2D eigenvalue weighted by Crippen LogP contribution is 2.30. The van der Waals surface area contributed by atoms with E-state index in [0.717, 1.165) is 14.0 Å². The number of benzene rings is 1. The second-order valence-electron chi connectivity index (χ2n) is 3.13. The van der Waals surface area contributed by atoms with Gasteiger partial charge in [0, 0.05) is 14.0 Å². The minimum atomic E-state index is -1.96. The molecular formula is C10H7F4NO3. The maximum absolute atomic E-state index is 13.4. The number of nitrogens with one attached hydrogen (secondary N) is 1. The highest BCUT2D eigenvalue weighted by atomic mass is 19.2. The van der Waals surface area contributed by atoms with Crippen molar-refractivity contribution in [2.24, 2.45) is 0 Å². The summed E-state index contributed by atoms with van der Waals surface area (Å²) >= 11 is 0. The Labute approximate surface area is 98.5 Å². The van der Waals surface area contributed by atoms with E-state index >= 15 is 0 Å². The van der Waals surface area contributed by atoms with Crippen molar-refractivity contribution < 1.29 is 31.9 Å². The minimum Gasteiger partial charge on any atom is -0.420 e. The first-order valence-electron chi connectivity index (χ1n) is 4.57. The minimum absolute atomic E-state index is 0.793. The number of esters is 1. The molecule has 0 aliphatic rings. The Morgan fingerprint density at radius 1 is 1.00 bits per heavy atom. The molecule has 18 heavy (non-hydrogen) atoms. The van der Waals surface area contributed by atoms with E-state index in [4.69, 9.17) is 0 Å². The first-order valence-corrected chi connectivity index (χ1v) is 4.57. The molecule has 0 spiro atoms. The molecule has 1 aromatic rings. The van der Waals surface area contributed by atoms with Crippen molar-refractivity contribution in [2.75, 3.05) is 7.05 Å². The summed E-state index contributed by atoms with van der Waals surface area (Å²) in [6, 6.07) is 0. The summed E-state index contributed by atoms with van der Waals surface area (Å²) in [5.74, 6) is -11.8. The SMILES string of the molecule is CNC(=O)c1c(F)c(F)c(OC(C)=O)c(F)c1F. The quantitative estimate of drug-likeness (QED) is 0.382. The first kappa shape index (κ1) is 13.9. The van der Waals surface area contributed by atoms with Crippen molar-refractivity contribution in [3.05, 3.63) is 28.8 Å². The summed E-state index contributed by atoms with van der Waals surface area (Å²) in [5.41, 5.74) is -1.43. The van der Waals surface area contributed by atoms with Crippen molar-refractivity contribution in [1.82, 2.24) is 5.32 Å². The van der Waals surface area contributed by atoms with Gasteiger partial charge >= 0.3 is 5.97 Å². The highest BCUT2D eigenvalue weighted by Gasteiger charge is 2.30. The molecule has 8 heteroatoms. The fourth-order valence-electron chi connectivity index (χ4n) is 1.17. The Morgan fingerprint density at radius 3 is 1.78 bits per heavy atom. The molecule has 0 heterocycles. The number of carbonyl (C=O) groups is 2. The average molecular weight is 265 g/mol. The van der Waals surface area contributed by atoms with Crippen molar-refractivity contribution in [2.45, 2.75) is 6.92 Å². The molecule has 0 fully saturated rings. The van der Waals surface area contributed by atoms with Gasteiger partial charge in [0.2, 0.25) is 17.4 Å². The van der Waals surface area contributed by atoms with Crippen LogP contribution in [0.15, 0.2) is 0 Å². The molecule has 0 aromatic heterocycles. The van der Waals surface area contributed by atoms with E-state index in [1.807, 2.05) is 5.32 Å². The molecule has 4 nitrogen and oxygen atoms in total. The van der Waals surface area contributed by atoms with Crippen LogP contribution in [0.1, 0.15) is 17.3 Å². The van der Waals surface area contributed by atoms with Gasteiger partial charge in [0.25, 0.3) is 5.91 Å². The molecule has 0 bridgehead atoms. The zero-order chi connectivity index (χ0) is 14.0. The van der Waals surface area contributed by atoms with Gasteiger partial charge in [-0.3, -0.25) is 9.59 Å². The number of halogens is 4. The molecule has 0 atom stereocenters. The zero-order valence-corrected chi connectivity index (χ0v) is 9.24. The lowest BCUT2D eigenvalue weighted by molar-refractivity contribution is -0.132. The van der Waals surface area contributed by atoms with Crippen LogP contribution in [0.5, 0.6) is 5.75 Å². The predicted octanol–water partition coefficient (Wildman–Crippen LogP) is 1.53. The van der Waals surface area contributed by atoms with Crippen LogP contribution < -0.4 is 10.1 Å². The number of amides is 1. The standard InChI is InChI=1S/C10H7F4NO3/c1-3(16)18-9-7(13)5(11)4(10(17)15-2)6(12)8(9)14/h1-2H3,(H,15,17). The van der Waals surface area contributed by atoms with Gasteiger partial charge in [0.1, 0.15) is 5.56 Å². The smallest absolute Gasteiger partial charge is 0.308 e. The molecule has 1 aromatic carbocycles. The van der Waals surface area contributed by atoms with Crippen LogP contribution in [-0.4, -0.2) is 18.9 Å². The molecule has 0 saturated heterocycles. The Hall–Kier alpha value is -2.12. The average Bonchev–Trinajstić information content (AvgIpc) is 2.31. The Kier molecular flexibility index (Phi) is 3.89. The molecule has 0 radical (unpaired) electrons. The second kappa shape index (κ2) is 5.03. The van der Waals surface area contributed by atoms with Gasteiger partial charge in [0.15, 0.2) is 11.6 Å². The third-order valence-electron chi connectivity index (χ3n) is 1.92. The zero-order valence-electron chi connectivity index (χ0n) is 9.24. The van der Waals surface area contributed by atoms with Crippen LogP contribution in [-0.2, 0) is 4.79 Å². The molecule has 1 N–H and O–H groups in total. The molecule has 0 saturated carbocycles. The van der Waals surface area contributed by atoms with Gasteiger partial charge in [0.05, 0.1) is 0 Å². The van der Waals surface area contributed by atoms with Gasteiger partial charge in [-0.1, -0.05) is 0 Å². The van der Waals surface area contributed by atoms with Gasteiger partial charge < -0.3 is 10.1 Å². The number of hydrogen-bond donors (Lipinski definition) is 1. The van der Waals surface area contributed by atoms with Gasteiger partial charge in [-0.25, -0.2) is 8.78 Å². The molecule has 1 amide bonds. The topological polar surface area (TPSA) is 55.4 Å². The maximum atomic E-state index is 13.4. The van der Waals surface area contributed by atoms with E-state index < -0.39 is 46.5 Å². The summed E-state index contributed by atoms with van der Waals surface area (Å²) in [6.45, 7) is 0.793. The number of carbonyl (C=O) groups excluding carboxylic acids is 2. The van der Waals surface area contributed by atoms with Crippen LogP contribution in [0.3, 0.4) is 0 Å². The van der Waals surface area contributed by atoms with E-state index in [-0.39, 0.29) is 0 Å². The number of hydrogen-bond acceptors (Lipinski definition) is 3. The lowest BCUT2D eigenvalue weighted by Gasteiger charge is -2.10. The van der Waals surface area contributed by atoms with E-state index in [1.54, 1.807) is 0 Å². The molecule has 1 rings (SSSR count). The third-order valence-corrected chi connectivity index (χ3v) is 1.92. The van der Waals surface area contributed by atoms with Crippen LogP contribution in [0.4, 0.5) is 17.6 Å². The highest BCUT2D eigenvalue weighted by molar-refractivity contribution is 5.94. The second-order valence-corrected chi connectivity index (χ2v) is 3.13. The number of ether oxygens (including phenoxy) is 1. The Bertz CT molecular complexity index is 501. The fourth-order valence-corrected chi connectivity index (χ4v) is 1.17. The van der Waals surface area contributed by atoms with Crippen LogP contribution >= 0.6 is 0 Å². The van der Waals surface area contributed by atoms with Crippen molar-refractivity contribution >= 4 is 11.9 Å². The van der Waals surface area contributed by atoms with Crippen molar-refractivity contribution in [1.29, 1.82) is 0 Å². The van der Waals surface area contributed by atoms with E-state index in [1.165, 1.54) is 0 Å². The molecular weight excluding hydrogens is 258 g/mol. The van der Waals surface area contributed by atoms with Crippen molar-refractivity contribution in [3.8, 4) is 5.75 Å². The van der Waals surface area contributed by atoms with E-state index in [0.29, 0.717) is 0 Å². The van der Waals surface area contributed by atoms with Gasteiger partial charge in [-0.15, -0.1) is 0 Å². The maximum Gasteiger partial charge on any atom is 0.308 e. The molecule has 98 valence electrons. The molecule has 0 aliphatic heterocycles. The largest absolute Gasteiger partial charge is 0.420 e. The molecule has 0 unspecified atom stereocenters. The van der Waals surface area contributed by atoms with Gasteiger partial charge in [-0.05, 0) is 0 Å². The van der Waals surface area contributed by atoms with Crippen molar-refractivity contribution in [3.63, 3.8) is 0 Å². The summed E-state index contributed by atoms with van der Waals surface area (Å²) < 4.78 is 57.4. The van der Waals surface area contributed by atoms with E-state index in [9.17, 15) is 27.2 Å². The Morgan fingerprint density at radius 2 is 1.44 bits per heavy atom. The summed E-state index contributed by atoms with van der Waals surface area (Å²) in [4.78, 5) is 21.6. The van der Waals surface area contributed by atoms with E-state index in [2.05, 4.69) is 4.74 Å². The first-order chi connectivity index (χ1) is 8.31. The fraction of sp³-hybridized carbons (Fsp3) is 0.200. The summed E-state index contributed by atoms with van der Waals surface area (Å²) in [6.07, 6.45) is 0. The number of rotatable bonds is 2. The monoisotopic (exact) mass is 265 g/mol. The normalized spacial score (nSPS) is 10.1. The van der Waals surface area contributed by atoms with Crippen LogP contribution in [0, 0.1) is 23.3 Å². The lowest BCUT2D eigenvalue weighted by Crippen LogP contribution is -2.23. The summed E-state index contributed by atoms with van der Waals surface area (Å²) in [5, 5.41) is 1.82. The Balaban J connectivity index is 3.55. The summed E-state index contributed by atoms with van der Waals surface area (Å²) in [7, 11) is 1.02. The lowest BCUT2D eigenvalue weighted by atomic mass is 10.1. The van der Waals surface area contributed by atoms with Gasteiger partial charge in [-0.2, -0.15) is 8.78 Å². The molecule has 0 aliphatic carbocycles.